The van der Waals surface area contributed by atoms with Crippen molar-refractivity contribution in [2.45, 2.75) is 0 Å². The van der Waals surface area contributed by atoms with Crippen molar-refractivity contribution in [2.75, 3.05) is 12.2 Å². The Morgan fingerprint density at radius 3 is 3.05 bits per heavy atom. The molecule has 1 heterocycles. The summed E-state index contributed by atoms with van der Waals surface area (Å²) >= 11 is 0. The molecule has 0 atom stereocenters. The number of carbonyl (C=O) groups excluding carboxylic acids is 1. The predicted octanol–water partition coefficient (Wildman–Crippen LogP) is 0.933. The molecule has 1 aliphatic rings. The van der Waals surface area contributed by atoms with Gasteiger partial charge in [-0.25, -0.2) is 15.3 Å². The second-order valence-electron chi connectivity index (χ2n) is 3.47. The second-order valence-corrected chi connectivity index (χ2v) is 3.47. The Morgan fingerprint density at radius 2 is 2.32 bits per heavy atom. The first-order chi connectivity index (χ1) is 9.13. The minimum atomic E-state index is -0.784. The molecule has 8 nitrogen and oxygen atoms in total. The second kappa shape index (κ2) is 5.21. The average Bonchev–Trinajstić information content (AvgIpc) is 2.44. The Morgan fingerprint density at radius 1 is 1.58 bits per heavy atom. The number of amides is 1. The van der Waals surface area contributed by atoms with Crippen LogP contribution >= 0.6 is 0 Å². The van der Waals surface area contributed by atoms with Gasteiger partial charge in [-0.1, -0.05) is 12.1 Å². The normalized spacial score (nSPS) is 13.1. The van der Waals surface area contributed by atoms with Crippen molar-refractivity contribution < 1.29 is 19.5 Å². The zero-order valence-electron chi connectivity index (χ0n) is 9.90. The third kappa shape index (κ3) is 2.54. The van der Waals surface area contributed by atoms with Crippen LogP contribution in [-0.4, -0.2) is 35.2 Å². The molecular weight excluding hydrogens is 252 g/mol. The summed E-state index contributed by atoms with van der Waals surface area (Å²) in [5.41, 5.74) is 2.55. The summed E-state index contributed by atoms with van der Waals surface area (Å²) in [6, 6.07) is 6.46. The van der Waals surface area contributed by atoms with Crippen LogP contribution in [0, 0.1) is 5.21 Å². The van der Waals surface area contributed by atoms with Crippen LogP contribution < -0.4 is 10.5 Å². The summed E-state index contributed by atoms with van der Waals surface area (Å²) in [6.07, 6.45) is 0.290. The van der Waals surface area contributed by atoms with Gasteiger partial charge in [0, 0.05) is 11.9 Å². The Kier molecular flexibility index (Phi) is 3.46. The molecule has 0 unspecified atom stereocenters. The molecule has 19 heavy (non-hydrogen) atoms. The van der Waals surface area contributed by atoms with E-state index in [2.05, 4.69) is 15.7 Å². The lowest BCUT2D eigenvalue weighted by Crippen LogP contribution is -2.26. The highest BCUT2D eigenvalue weighted by Gasteiger charge is 2.24. The molecule has 0 aliphatic carbocycles. The number of methoxy groups -OCH3 is 1. The fourth-order valence-corrected chi connectivity index (χ4v) is 1.45. The Balaban J connectivity index is 2.34. The monoisotopic (exact) mass is 262 g/mol. The molecule has 1 aromatic rings. The summed E-state index contributed by atoms with van der Waals surface area (Å²) in [7, 11) is 1.18. The highest BCUT2D eigenvalue weighted by atomic mass is 16.5. The van der Waals surface area contributed by atoms with E-state index in [0.29, 0.717) is 4.74 Å². The number of hydroxylamine groups is 1. The number of hydrogen-bond donors (Lipinski definition) is 2. The first kappa shape index (κ1) is 12.6. The van der Waals surface area contributed by atoms with Crippen LogP contribution in [0.3, 0.4) is 0 Å². The highest BCUT2D eigenvalue weighted by Crippen LogP contribution is 2.30. The number of carbonyl (C=O) groups is 1. The number of anilines is 1. The van der Waals surface area contributed by atoms with Gasteiger partial charge in [0.2, 0.25) is 11.9 Å². The van der Waals surface area contributed by atoms with E-state index in [9.17, 15) is 15.2 Å². The lowest BCUT2D eigenvalue weighted by atomic mass is 10.2. The maximum absolute atomic E-state index is 11.7. The summed E-state index contributed by atoms with van der Waals surface area (Å²) < 4.78 is 4.86. The number of para-hydroxylation sites is 2. The lowest BCUT2D eigenvalue weighted by molar-refractivity contribution is -0.355. The number of allylic oxidation sites excluding steroid dienone is 1. The maximum Gasteiger partial charge on any atom is 0.428 e. The Labute approximate surface area is 108 Å². The molecule has 2 rings (SSSR count). The number of ether oxygens (including phenoxy) is 1. The molecule has 98 valence electrons. The van der Waals surface area contributed by atoms with Gasteiger partial charge < -0.3 is 9.94 Å². The molecule has 0 saturated heterocycles. The zero-order valence-corrected chi connectivity index (χ0v) is 9.90. The van der Waals surface area contributed by atoms with Gasteiger partial charge in [-0.3, -0.25) is 5.21 Å². The van der Waals surface area contributed by atoms with E-state index in [4.69, 9.17) is 0 Å². The first-order valence-electron chi connectivity index (χ1n) is 5.19. The van der Waals surface area contributed by atoms with Crippen molar-refractivity contribution in [1.29, 1.82) is 0 Å². The quantitative estimate of drug-likeness (QED) is 0.339. The number of hydrazone groups is 1. The van der Waals surface area contributed by atoms with Crippen LogP contribution in [0.5, 0.6) is 0 Å². The van der Waals surface area contributed by atoms with Gasteiger partial charge in [-0.15, -0.1) is 5.10 Å². The predicted molar refractivity (Wildman–Crippen MR) is 66.5 cm³/mol. The number of rotatable bonds is 1. The van der Waals surface area contributed by atoms with Crippen molar-refractivity contribution >= 4 is 29.6 Å². The van der Waals surface area contributed by atoms with Crippen molar-refractivity contribution in [2.24, 2.45) is 5.10 Å². The van der Waals surface area contributed by atoms with Crippen molar-refractivity contribution in [3.05, 3.63) is 35.2 Å². The number of fused-ring (bicyclic) bond motifs is 1. The third-order valence-electron chi connectivity index (χ3n) is 2.32. The van der Waals surface area contributed by atoms with Gasteiger partial charge in [0.05, 0.1) is 7.11 Å². The van der Waals surface area contributed by atoms with Crippen LogP contribution in [0.25, 0.3) is 0 Å². The first-order valence-corrected chi connectivity index (χ1v) is 5.19. The van der Waals surface area contributed by atoms with Gasteiger partial charge >= 0.3 is 6.09 Å². The van der Waals surface area contributed by atoms with Gasteiger partial charge in [0.1, 0.15) is 5.69 Å². The van der Waals surface area contributed by atoms with Gasteiger partial charge in [0.25, 0.3) is 0 Å². The summed E-state index contributed by atoms with van der Waals surface area (Å²) in [6.45, 7) is 0. The molecular formula is C11H10N4O4. The molecule has 1 aromatic carbocycles. The summed E-state index contributed by atoms with van der Waals surface area (Å²) in [4.78, 5) is 10.8. The summed E-state index contributed by atoms with van der Waals surface area (Å²) in [5, 5.41) is 25.8. The van der Waals surface area contributed by atoms with E-state index in [-0.39, 0.29) is 17.1 Å². The minimum absolute atomic E-state index is 0.0231. The van der Waals surface area contributed by atoms with Crippen molar-refractivity contribution in [3.8, 4) is 0 Å². The topological polar surface area (TPSA) is 100 Å². The standard InChI is InChI=1S/C11H10N4O4/c1-19-11(16)13-12-6-8-7-14(17)9-4-2-3-5-10(9)15(8)18/h2-5,7,18H,1H3,(H,13,16). The summed E-state index contributed by atoms with van der Waals surface area (Å²) in [5.74, 6) is 2.32. The van der Waals surface area contributed by atoms with E-state index in [1.165, 1.54) is 7.11 Å². The molecule has 0 aromatic heterocycles. The average molecular weight is 262 g/mol. The molecule has 1 amide bonds. The minimum Gasteiger partial charge on any atom is -0.618 e. The van der Waals surface area contributed by atoms with E-state index in [0.717, 1.165) is 11.3 Å². The lowest BCUT2D eigenvalue weighted by Gasteiger charge is -2.21. The van der Waals surface area contributed by atoms with Crippen LogP contribution in [0.4, 0.5) is 16.2 Å². The fraction of sp³-hybridized carbons (Fsp3) is 0.0909. The third-order valence-corrected chi connectivity index (χ3v) is 2.32. The number of benzene rings is 1. The fourth-order valence-electron chi connectivity index (χ4n) is 1.45. The molecule has 0 radical (unpaired) electrons. The van der Waals surface area contributed by atoms with Crippen LogP contribution in [0.15, 0.2) is 35.1 Å². The van der Waals surface area contributed by atoms with Crippen LogP contribution in [0.1, 0.15) is 0 Å². The zero-order chi connectivity index (χ0) is 13.8. The molecule has 1 aliphatic heterocycles. The van der Waals surface area contributed by atoms with E-state index >= 15 is 0 Å². The Hall–Kier alpha value is -2.83. The SMILES string of the molecule is COC(=O)NN=C=C1C=[N+]([O-])c2ccccc2N1O. The van der Waals surface area contributed by atoms with Crippen molar-refractivity contribution in [1.82, 2.24) is 5.43 Å². The van der Waals surface area contributed by atoms with Crippen LogP contribution in [0.2, 0.25) is 0 Å². The number of nitrogens with one attached hydrogen (secondary N) is 1. The number of nitrogens with zero attached hydrogens (tertiary/aromatic N) is 3. The Bertz CT molecular complexity index is 604. The van der Waals surface area contributed by atoms with E-state index in [1.54, 1.807) is 24.3 Å². The molecule has 0 spiro atoms. The number of hydrogen-bond acceptors (Lipinski definition) is 6. The van der Waals surface area contributed by atoms with Gasteiger partial charge in [-0.2, -0.15) is 4.74 Å². The molecule has 2 N–H and O–H groups in total. The largest absolute Gasteiger partial charge is 0.618 e. The molecule has 0 fully saturated rings. The van der Waals surface area contributed by atoms with Gasteiger partial charge in [-0.05, 0) is 6.07 Å². The molecule has 0 saturated carbocycles. The highest BCUT2D eigenvalue weighted by molar-refractivity contribution is 5.95. The van der Waals surface area contributed by atoms with Crippen LogP contribution in [-0.2, 0) is 4.74 Å². The smallest absolute Gasteiger partial charge is 0.428 e. The maximum atomic E-state index is 11.7. The van der Waals surface area contributed by atoms with Gasteiger partial charge in [0.15, 0.2) is 5.70 Å². The van der Waals surface area contributed by atoms with Crippen molar-refractivity contribution in [3.63, 3.8) is 0 Å². The molecule has 0 bridgehead atoms. The van der Waals surface area contributed by atoms with E-state index in [1.807, 2.05) is 5.43 Å². The van der Waals surface area contributed by atoms with E-state index < -0.39 is 6.09 Å². The molecule has 8 heteroatoms.